The summed E-state index contributed by atoms with van der Waals surface area (Å²) in [6.07, 6.45) is 4.80. The summed E-state index contributed by atoms with van der Waals surface area (Å²) in [6, 6.07) is 15.2. The molecule has 0 aliphatic heterocycles. The third kappa shape index (κ3) is 9.76. The van der Waals surface area contributed by atoms with Crippen LogP contribution in [-0.4, -0.2) is 43.5 Å². The van der Waals surface area contributed by atoms with Gasteiger partial charge in [-0.05, 0) is 74.4 Å². The molecular weight excluding hydrogens is 427 g/mol. The predicted molar refractivity (Wildman–Crippen MR) is 131 cm³/mol. The Kier molecular flexibility index (Phi) is 11.3. The Labute approximate surface area is 189 Å². The fourth-order valence-electron chi connectivity index (χ4n) is 2.24. The Morgan fingerprint density at radius 2 is 1.79 bits per heavy atom. The summed E-state index contributed by atoms with van der Waals surface area (Å²) in [5, 5.41) is 8.64. The molecule has 0 fully saturated rings. The van der Waals surface area contributed by atoms with Gasteiger partial charge in [-0.25, -0.2) is 0 Å². The molecule has 0 atom stereocenters. The molecule has 0 saturated carbocycles. The zero-order valence-corrected chi connectivity index (χ0v) is 19.1. The van der Waals surface area contributed by atoms with Gasteiger partial charge in [0.1, 0.15) is 5.75 Å². The maximum absolute atomic E-state index is 5.90. The number of nitrogens with zero attached hydrogens (tertiary/aromatic N) is 2. The maximum atomic E-state index is 5.90. The van der Waals surface area contributed by atoms with E-state index in [9.17, 15) is 0 Å². The third-order valence-corrected chi connectivity index (χ3v) is 4.25. The second-order valence-corrected chi connectivity index (χ2v) is 7.18. The zero-order chi connectivity index (χ0) is 20.4. The van der Waals surface area contributed by atoms with E-state index in [1.807, 2.05) is 62.6 Å². The van der Waals surface area contributed by atoms with Crippen molar-refractivity contribution in [2.75, 3.05) is 33.1 Å². The molecule has 0 bridgehead atoms. The summed E-state index contributed by atoms with van der Waals surface area (Å²) in [5.74, 6) is 0.832. The van der Waals surface area contributed by atoms with Crippen LogP contribution >= 0.6 is 36.2 Å². The molecule has 2 N–H and O–H groups in total. The Balaban J connectivity index is 0.00000420. The van der Waals surface area contributed by atoms with E-state index in [2.05, 4.69) is 20.7 Å². The number of hydrazone groups is 1. The van der Waals surface area contributed by atoms with Crippen LogP contribution in [0.1, 0.15) is 12.0 Å². The summed E-state index contributed by atoms with van der Waals surface area (Å²) in [4.78, 5) is 2.11. The highest BCUT2D eigenvalue weighted by Crippen LogP contribution is 2.14. The van der Waals surface area contributed by atoms with Crippen LogP contribution in [0.4, 0.5) is 5.69 Å². The highest BCUT2D eigenvalue weighted by molar-refractivity contribution is 7.80. The van der Waals surface area contributed by atoms with Crippen LogP contribution in [-0.2, 0) is 0 Å². The molecule has 0 amide bonds. The quantitative estimate of drug-likeness (QED) is 0.332. The van der Waals surface area contributed by atoms with Crippen molar-refractivity contribution in [3.8, 4) is 5.75 Å². The average Bonchev–Trinajstić information content (AvgIpc) is 2.69. The van der Waals surface area contributed by atoms with Crippen molar-refractivity contribution in [1.82, 2.24) is 10.3 Å². The summed E-state index contributed by atoms with van der Waals surface area (Å²) in [7, 11) is 5.72. The Morgan fingerprint density at radius 1 is 1.14 bits per heavy atom. The van der Waals surface area contributed by atoms with E-state index >= 15 is 0 Å². The molecular formula is C21H26Cl2N4OS. The van der Waals surface area contributed by atoms with Gasteiger partial charge in [0.25, 0.3) is 0 Å². The van der Waals surface area contributed by atoms with Gasteiger partial charge >= 0.3 is 0 Å². The number of rotatable bonds is 8. The molecule has 0 aliphatic carbocycles. The fourth-order valence-corrected chi connectivity index (χ4v) is 2.53. The highest BCUT2D eigenvalue weighted by Gasteiger charge is 2.01. The summed E-state index contributed by atoms with van der Waals surface area (Å²) in [5.41, 5.74) is 5.72. The van der Waals surface area contributed by atoms with Crippen molar-refractivity contribution in [2.24, 2.45) is 5.10 Å². The number of nitrogens with one attached hydrogen (secondary N) is 2. The molecule has 8 heteroatoms. The molecule has 5 nitrogen and oxygen atoms in total. The average molecular weight is 453 g/mol. The molecule has 0 saturated heterocycles. The molecule has 2 aromatic rings. The number of hydrogen-bond donors (Lipinski definition) is 2. The molecule has 0 spiro atoms. The van der Waals surface area contributed by atoms with Gasteiger partial charge in [-0.1, -0.05) is 29.8 Å². The Hall–Kier alpha value is -2.12. The minimum Gasteiger partial charge on any atom is -0.497 e. The van der Waals surface area contributed by atoms with Gasteiger partial charge in [-0.3, -0.25) is 5.43 Å². The zero-order valence-electron chi connectivity index (χ0n) is 16.7. The SMILES string of the molecule is COc1ccc(C=C/C(CCN(C)C)=N/NC(=S)Nc2ccc(Cl)cc2)cc1.Cl. The maximum Gasteiger partial charge on any atom is 0.191 e. The van der Waals surface area contributed by atoms with Crippen molar-refractivity contribution in [3.63, 3.8) is 0 Å². The monoisotopic (exact) mass is 452 g/mol. The van der Waals surface area contributed by atoms with Gasteiger partial charge in [0, 0.05) is 23.7 Å². The molecule has 2 aromatic carbocycles. The van der Waals surface area contributed by atoms with Crippen LogP contribution < -0.4 is 15.5 Å². The smallest absolute Gasteiger partial charge is 0.191 e. The Bertz CT molecular complexity index is 822. The molecule has 0 heterocycles. The van der Waals surface area contributed by atoms with E-state index in [-0.39, 0.29) is 12.4 Å². The molecule has 156 valence electrons. The van der Waals surface area contributed by atoms with E-state index in [0.29, 0.717) is 10.1 Å². The molecule has 29 heavy (non-hydrogen) atoms. The van der Waals surface area contributed by atoms with Crippen molar-refractivity contribution in [2.45, 2.75) is 6.42 Å². The van der Waals surface area contributed by atoms with E-state index in [0.717, 1.165) is 35.7 Å². The molecule has 0 radical (unpaired) electrons. The normalized spacial score (nSPS) is 11.3. The number of methoxy groups -OCH3 is 1. The van der Waals surface area contributed by atoms with E-state index < -0.39 is 0 Å². The molecule has 2 rings (SSSR count). The summed E-state index contributed by atoms with van der Waals surface area (Å²) in [6.45, 7) is 0.880. The molecule has 0 aliphatic rings. The van der Waals surface area contributed by atoms with Crippen LogP contribution in [0.25, 0.3) is 6.08 Å². The molecule has 0 aromatic heterocycles. The Morgan fingerprint density at radius 3 is 2.38 bits per heavy atom. The standard InChI is InChI=1S/C21H25ClN4OS.ClH/c1-26(2)15-14-19(9-4-16-5-12-20(27-3)13-6-16)24-25-21(28)23-18-10-7-17(22)8-11-18;/h4-13H,14-15H2,1-3H3,(H2,23,25,28);1H/b9-4?,24-19-;. The lowest BCUT2D eigenvalue weighted by molar-refractivity contribution is 0.415. The van der Waals surface area contributed by atoms with E-state index in [4.69, 9.17) is 28.6 Å². The van der Waals surface area contributed by atoms with Crippen molar-refractivity contribution in [1.29, 1.82) is 0 Å². The first-order valence-electron chi connectivity index (χ1n) is 8.82. The van der Waals surface area contributed by atoms with Gasteiger partial charge < -0.3 is 15.0 Å². The summed E-state index contributed by atoms with van der Waals surface area (Å²) >= 11 is 11.2. The van der Waals surface area contributed by atoms with Crippen LogP contribution in [0.2, 0.25) is 5.02 Å². The topological polar surface area (TPSA) is 48.9 Å². The lowest BCUT2D eigenvalue weighted by atomic mass is 10.1. The van der Waals surface area contributed by atoms with Crippen LogP contribution in [0.15, 0.2) is 59.7 Å². The number of hydrogen-bond acceptors (Lipinski definition) is 4. The van der Waals surface area contributed by atoms with Gasteiger partial charge in [0.05, 0.1) is 12.8 Å². The number of thiocarbonyl (C=S) groups is 1. The minimum atomic E-state index is 0. The number of benzene rings is 2. The fraction of sp³-hybridized carbons (Fsp3) is 0.238. The van der Waals surface area contributed by atoms with Crippen molar-refractivity contribution >= 4 is 58.8 Å². The number of halogens is 2. The largest absolute Gasteiger partial charge is 0.497 e. The van der Waals surface area contributed by atoms with Gasteiger partial charge in [0.15, 0.2) is 5.11 Å². The van der Waals surface area contributed by atoms with E-state index in [1.165, 1.54) is 0 Å². The summed E-state index contributed by atoms with van der Waals surface area (Å²) < 4.78 is 5.19. The van der Waals surface area contributed by atoms with Crippen LogP contribution in [0.5, 0.6) is 5.75 Å². The van der Waals surface area contributed by atoms with Gasteiger partial charge in [-0.15, -0.1) is 12.4 Å². The number of allylic oxidation sites excluding steroid dienone is 1. The predicted octanol–water partition coefficient (Wildman–Crippen LogP) is 5.08. The second kappa shape index (κ2) is 13.2. The van der Waals surface area contributed by atoms with Crippen LogP contribution in [0.3, 0.4) is 0 Å². The lowest BCUT2D eigenvalue weighted by Gasteiger charge is -2.11. The first kappa shape index (κ1) is 24.9. The minimum absolute atomic E-state index is 0. The third-order valence-electron chi connectivity index (χ3n) is 3.80. The van der Waals surface area contributed by atoms with Crippen molar-refractivity contribution < 1.29 is 4.74 Å². The first-order chi connectivity index (χ1) is 13.5. The molecule has 0 unspecified atom stereocenters. The van der Waals surface area contributed by atoms with Gasteiger partial charge in [-0.2, -0.15) is 5.10 Å². The lowest BCUT2D eigenvalue weighted by Crippen LogP contribution is -2.25. The van der Waals surface area contributed by atoms with Gasteiger partial charge in [0.2, 0.25) is 0 Å². The second-order valence-electron chi connectivity index (χ2n) is 6.34. The highest BCUT2D eigenvalue weighted by atomic mass is 35.5. The van der Waals surface area contributed by atoms with E-state index in [1.54, 1.807) is 19.2 Å². The van der Waals surface area contributed by atoms with Crippen LogP contribution in [0, 0.1) is 0 Å². The first-order valence-corrected chi connectivity index (χ1v) is 9.61. The number of anilines is 1. The number of ether oxygens (including phenoxy) is 1. The van der Waals surface area contributed by atoms with Crippen molar-refractivity contribution in [3.05, 3.63) is 65.2 Å².